The van der Waals surface area contributed by atoms with Crippen molar-refractivity contribution in [3.8, 4) is 16.3 Å². The molecule has 0 aliphatic rings. The fraction of sp³-hybridized carbons (Fsp3) is 0.190. The fourth-order valence-electron chi connectivity index (χ4n) is 2.74. The summed E-state index contributed by atoms with van der Waals surface area (Å²) in [7, 11) is 3.07. The second kappa shape index (κ2) is 9.47. The van der Waals surface area contributed by atoms with Crippen molar-refractivity contribution in [2.75, 3.05) is 26.0 Å². The Hall–Kier alpha value is -2.61. The summed E-state index contributed by atoms with van der Waals surface area (Å²) < 4.78 is 5.22. The van der Waals surface area contributed by atoms with Gasteiger partial charge in [0.05, 0.1) is 25.0 Å². The summed E-state index contributed by atoms with van der Waals surface area (Å²) in [6.45, 7) is 1.63. The topological polar surface area (TPSA) is 71.5 Å². The normalized spacial score (nSPS) is 10.6. The molecule has 1 N–H and O–H groups in total. The number of amides is 2. The minimum atomic E-state index is -0.369. The predicted molar refractivity (Wildman–Crippen MR) is 121 cm³/mol. The lowest BCUT2D eigenvalue weighted by atomic mass is 10.2. The highest BCUT2D eigenvalue weighted by molar-refractivity contribution is 7.17. The molecule has 0 saturated carbocycles. The number of benzene rings is 2. The van der Waals surface area contributed by atoms with Crippen molar-refractivity contribution in [3.05, 3.63) is 63.1 Å². The fourth-order valence-corrected chi connectivity index (χ4v) is 4.10. The quantitative estimate of drug-likeness (QED) is 0.548. The summed E-state index contributed by atoms with van der Waals surface area (Å²) in [4.78, 5) is 31.6. The maximum Gasteiger partial charge on any atom is 0.266 e. The Morgan fingerprint density at radius 1 is 1.13 bits per heavy atom. The number of rotatable bonds is 6. The van der Waals surface area contributed by atoms with Gasteiger partial charge in [-0.2, -0.15) is 0 Å². The molecule has 2 aromatic carbocycles. The number of aromatic nitrogens is 1. The SMILES string of the molecule is COc1ccc(Cl)cc1NC(=O)CN(C)C(=O)c1sc(-c2ccc(Cl)cc2)nc1C. The van der Waals surface area contributed by atoms with Crippen LogP contribution in [0.25, 0.3) is 10.6 Å². The van der Waals surface area contributed by atoms with E-state index in [1.54, 1.807) is 44.3 Å². The van der Waals surface area contributed by atoms with Crippen molar-refractivity contribution < 1.29 is 14.3 Å². The summed E-state index contributed by atoms with van der Waals surface area (Å²) in [5.41, 5.74) is 1.92. The van der Waals surface area contributed by atoms with Gasteiger partial charge in [0.15, 0.2) is 0 Å². The zero-order valence-electron chi connectivity index (χ0n) is 16.5. The van der Waals surface area contributed by atoms with E-state index in [1.807, 2.05) is 12.1 Å². The number of thiazole rings is 1. The van der Waals surface area contributed by atoms with Gasteiger partial charge in [-0.3, -0.25) is 9.59 Å². The molecule has 2 amide bonds. The summed E-state index contributed by atoms with van der Waals surface area (Å²) in [5, 5.41) is 4.53. The Kier molecular flexibility index (Phi) is 6.97. The monoisotopic (exact) mass is 463 g/mol. The highest BCUT2D eigenvalue weighted by Gasteiger charge is 2.21. The van der Waals surface area contributed by atoms with E-state index in [-0.39, 0.29) is 18.4 Å². The minimum absolute atomic E-state index is 0.137. The highest BCUT2D eigenvalue weighted by Crippen LogP contribution is 2.30. The molecule has 30 heavy (non-hydrogen) atoms. The summed E-state index contributed by atoms with van der Waals surface area (Å²) >= 11 is 13.2. The number of nitrogens with zero attached hydrogens (tertiary/aromatic N) is 2. The van der Waals surface area contributed by atoms with Crippen LogP contribution in [-0.2, 0) is 4.79 Å². The van der Waals surface area contributed by atoms with Crippen LogP contribution in [0.1, 0.15) is 15.4 Å². The van der Waals surface area contributed by atoms with Gasteiger partial charge < -0.3 is 15.0 Å². The van der Waals surface area contributed by atoms with Crippen LogP contribution in [0, 0.1) is 6.92 Å². The third-order valence-electron chi connectivity index (χ3n) is 4.25. The van der Waals surface area contributed by atoms with Crippen LogP contribution in [0.15, 0.2) is 42.5 Å². The van der Waals surface area contributed by atoms with Gasteiger partial charge in [0.1, 0.15) is 15.6 Å². The number of methoxy groups -OCH3 is 1. The van der Waals surface area contributed by atoms with E-state index in [1.165, 1.54) is 23.3 Å². The molecule has 156 valence electrons. The van der Waals surface area contributed by atoms with Crippen LogP contribution in [0.2, 0.25) is 10.0 Å². The van der Waals surface area contributed by atoms with Crippen LogP contribution < -0.4 is 10.1 Å². The number of nitrogens with one attached hydrogen (secondary N) is 1. The molecule has 1 aromatic heterocycles. The average molecular weight is 464 g/mol. The van der Waals surface area contributed by atoms with E-state index < -0.39 is 0 Å². The van der Waals surface area contributed by atoms with Crippen molar-refractivity contribution in [3.63, 3.8) is 0 Å². The Morgan fingerprint density at radius 3 is 2.47 bits per heavy atom. The van der Waals surface area contributed by atoms with Crippen molar-refractivity contribution in [2.45, 2.75) is 6.92 Å². The van der Waals surface area contributed by atoms with Crippen LogP contribution in [-0.4, -0.2) is 42.4 Å². The van der Waals surface area contributed by atoms with Gasteiger partial charge in [0, 0.05) is 22.7 Å². The molecule has 0 spiro atoms. The molecule has 3 rings (SSSR count). The molecular weight excluding hydrogens is 445 g/mol. The lowest BCUT2D eigenvalue weighted by Crippen LogP contribution is -2.34. The average Bonchev–Trinajstić information content (AvgIpc) is 3.09. The number of halogens is 2. The molecule has 6 nitrogen and oxygen atoms in total. The van der Waals surface area contributed by atoms with Crippen LogP contribution in [0.4, 0.5) is 5.69 Å². The number of hydrogen-bond acceptors (Lipinski definition) is 5. The molecule has 9 heteroatoms. The van der Waals surface area contributed by atoms with Crippen molar-refractivity contribution in [1.82, 2.24) is 9.88 Å². The smallest absolute Gasteiger partial charge is 0.266 e. The van der Waals surface area contributed by atoms with E-state index in [0.717, 1.165) is 5.56 Å². The third kappa shape index (κ3) is 5.11. The zero-order chi connectivity index (χ0) is 21.8. The predicted octanol–water partition coefficient (Wildman–Crippen LogP) is 5.14. The van der Waals surface area contributed by atoms with Gasteiger partial charge in [-0.1, -0.05) is 35.3 Å². The van der Waals surface area contributed by atoms with Gasteiger partial charge >= 0.3 is 0 Å². The first-order chi connectivity index (χ1) is 14.3. The molecule has 0 saturated heterocycles. The summed E-state index contributed by atoms with van der Waals surface area (Å²) in [6, 6.07) is 12.2. The zero-order valence-corrected chi connectivity index (χ0v) is 18.9. The molecule has 3 aromatic rings. The Balaban J connectivity index is 1.71. The number of carbonyl (C=O) groups is 2. The maximum absolute atomic E-state index is 12.9. The van der Waals surface area contributed by atoms with Crippen molar-refractivity contribution in [1.29, 1.82) is 0 Å². The Morgan fingerprint density at radius 2 is 1.80 bits per heavy atom. The van der Waals surface area contributed by atoms with Crippen LogP contribution >= 0.6 is 34.5 Å². The molecule has 0 aliphatic heterocycles. The van der Waals surface area contributed by atoms with Gasteiger partial charge in [0.25, 0.3) is 5.91 Å². The van der Waals surface area contributed by atoms with Crippen molar-refractivity contribution >= 4 is 52.0 Å². The van der Waals surface area contributed by atoms with Crippen LogP contribution in [0.5, 0.6) is 5.75 Å². The van der Waals surface area contributed by atoms with Crippen LogP contribution in [0.3, 0.4) is 0 Å². The number of hydrogen-bond donors (Lipinski definition) is 1. The second-order valence-corrected chi connectivity index (χ2v) is 8.37. The standard InChI is InChI=1S/C21H19Cl2N3O3S/c1-12-19(30-20(24-12)13-4-6-14(22)7-5-13)21(28)26(2)11-18(27)25-16-10-15(23)8-9-17(16)29-3/h4-10H,11H2,1-3H3,(H,25,27). The molecule has 0 bridgehead atoms. The molecule has 0 unspecified atom stereocenters. The number of ether oxygens (including phenoxy) is 1. The molecule has 0 fully saturated rings. The first-order valence-corrected chi connectivity index (χ1v) is 10.5. The maximum atomic E-state index is 12.9. The number of carbonyl (C=O) groups excluding carboxylic acids is 2. The van der Waals surface area contributed by atoms with E-state index in [2.05, 4.69) is 10.3 Å². The Labute approximate surface area is 188 Å². The lowest BCUT2D eigenvalue weighted by Gasteiger charge is -2.17. The van der Waals surface area contributed by atoms with E-state index in [0.29, 0.717) is 37.1 Å². The second-order valence-electron chi connectivity index (χ2n) is 6.49. The van der Waals surface area contributed by atoms with Gasteiger partial charge in [-0.15, -0.1) is 11.3 Å². The Bertz CT molecular complexity index is 1080. The van der Waals surface area contributed by atoms with Crippen molar-refractivity contribution in [2.24, 2.45) is 0 Å². The van der Waals surface area contributed by atoms with Gasteiger partial charge in [-0.25, -0.2) is 4.98 Å². The largest absolute Gasteiger partial charge is 0.495 e. The third-order valence-corrected chi connectivity index (χ3v) is 5.93. The molecular formula is C21H19Cl2N3O3S. The highest BCUT2D eigenvalue weighted by atomic mass is 35.5. The molecule has 0 aliphatic carbocycles. The van der Waals surface area contributed by atoms with E-state index in [4.69, 9.17) is 27.9 Å². The minimum Gasteiger partial charge on any atom is -0.495 e. The molecule has 0 radical (unpaired) electrons. The van der Waals surface area contributed by atoms with E-state index >= 15 is 0 Å². The summed E-state index contributed by atoms with van der Waals surface area (Å²) in [5.74, 6) is -0.169. The van der Waals surface area contributed by atoms with E-state index in [9.17, 15) is 9.59 Å². The molecule has 1 heterocycles. The number of aryl methyl sites for hydroxylation is 1. The first-order valence-electron chi connectivity index (χ1n) is 8.90. The first kappa shape index (κ1) is 22.1. The summed E-state index contributed by atoms with van der Waals surface area (Å²) in [6.07, 6.45) is 0. The number of anilines is 1. The number of likely N-dealkylation sites (N-methyl/N-ethyl adjacent to an activating group) is 1. The lowest BCUT2D eigenvalue weighted by molar-refractivity contribution is -0.116. The van der Waals surface area contributed by atoms with Gasteiger partial charge in [0.2, 0.25) is 5.91 Å². The van der Waals surface area contributed by atoms with Gasteiger partial charge in [-0.05, 0) is 37.3 Å². The molecule has 0 atom stereocenters.